The van der Waals surface area contributed by atoms with Gasteiger partial charge in [0.05, 0.1) is 10.0 Å². The Kier molecular flexibility index (Phi) is 4.17. The minimum atomic E-state index is -0.506. The Hall–Kier alpha value is -1.50. The zero-order chi connectivity index (χ0) is 11.3. The van der Waals surface area contributed by atoms with Gasteiger partial charge >= 0.3 is 0 Å². The molecule has 0 radical (unpaired) electrons. The summed E-state index contributed by atoms with van der Waals surface area (Å²) in [6, 6.07) is 5.08. The number of carbonyl (C=O) groups is 1. The summed E-state index contributed by atoms with van der Waals surface area (Å²) in [5, 5.41) is 10.9. The number of benzene rings is 1. The second-order valence-corrected chi connectivity index (χ2v) is 3.36. The van der Waals surface area contributed by atoms with Crippen molar-refractivity contribution >= 4 is 35.2 Å². The van der Waals surface area contributed by atoms with Crippen molar-refractivity contribution in [3.63, 3.8) is 0 Å². The van der Waals surface area contributed by atoms with Gasteiger partial charge in [-0.25, -0.2) is 0 Å². The summed E-state index contributed by atoms with van der Waals surface area (Å²) in [7, 11) is 0. The molecule has 0 saturated heterocycles. The van der Waals surface area contributed by atoms with Gasteiger partial charge in [0.1, 0.15) is 0 Å². The van der Waals surface area contributed by atoms with E-state index in [2.05, 4.69) is 0 Å². The molecule has 76 valence electrons. The number of carbonyl (C=O) groups excluding carboxylic acids is 1. The molecule has 0 bridgehead atoms. The zero-order valence-electron chi connectivity index (χ0n) is 7.50. The van der Waals surface area contributed by atoms with Crippen LogP contribution in [0.25, 0.3) is 6.08 Å². The highest BCUT2D eigenvalue weighted by Gasteiger charge is 2.01. The Morgan fingerprint density at radius 2 is 2.20 bits per heavy atom. The van der Waals surface area contributed by atoms with Crippen LogP contribution in [0.4, 0.5) is 0 Å². The summed E-state index contributed by atoms with van der Waals surface area (Å²) in [5.74, 6) is -0.506. The number of nitrogens with zero attached hydrogens (tertiary/aromatic N) is 1. The average Bonchev–Trinajstić information content (AvgIpc) is 2.21. The van der Waals surface area contributed by atoms with Gasteiger partial charge in [0, 0.05) is 6.08 Å². The van der Waals surface area contributed by atoms with Crippen molar-refractivity contribution in [2.45, 2.75) is 0 Å². The number of halogens is 2. The van der Waals surface area contributed by atoms with Crippen LogP contribution < -0.4 is 5.32 Å². The molecule has 3 nitrogen and oxygen atoms in total. The fraction of sp³-hybridized carbons (Fsp3) is 0. The second-order valence-electron chi connectivity index (χ2n) is 2.58. The first-order valence-electron chi connectivity index (χ1n) is 3.96. The van der Waals surface area contributed by atoms with Gasteiger partial charge in [-0.1, -0.05) is 35.3 Å². The molecule has 0 heterocycles. The Morgan fingerprint density at radius 1 is 1.47 bits per heavy atom. The third-order valence-electron chi connectivity index (χ3n) is 1.57. The van der Waals surface area contributed by atoms with E-state index in [4.69, 9.17) is 28.5 Å². The normalized spacial score (nSPS) is 9.93. The minimum absolute atomic E-state index is 0.375. The lowest BCUT2D eigenvalue weighted by molar-refractivity contribution is -0.115. The molecule has 0 aliphatic heterocycles. The van der Waals surface area contributed by atoms with E-state index in [9.17, 15) is 4.79 Å². The number of hydrogen-bond acceptors (Lipinski definition) is 2. The first-order chi connectivity index (χ1) is 7.15. The van der Waals surface area contributed by atoms with E-state index in [0.717, 1.165) is 0 Å². The molecule has 1 N–H and O–H groups in total. The molecule has 5 heteroatoms. The Morgan fingerprint density at radius 3 is 2.87 bits per heavy atom. The van der Waals surface area contributed by atoms with Crippen molar-refractivity contribution in [1.82, 2.24) is 5.32 Å². The maximum absolute atomic E-state index is 10.9. The van der Waals surface area contributed by atoms with Crippen LogP contribution in [0.2, 0.25) is 10.0 Å². The van der Waals surface area contributed by atoms with Crippen LogP contribution in [0.5, 0.6) is 0 Å². The molecule has 0 aromatic heterocycles. The molecule has 1 rings (SSSR count). The number of rotatable bonds is 2. The van der Waals surface area contributed by atoms with E-state index in [-0.39, 0.29) is 0 Å². The lowest BCUT2D eigenvalue weighted by Gasteiger charge is -1.99. The molecule has 0 fully saturated rings. The predicted octanol–water partition coefficient (Wildman–Crippen LogP) is 2.60. The fourth-order valence-corrected chi connectivity index (χ4v) is 1.28. The highest BCUT2D eigenvalue weighted by Crippen LogP contribution is 2.26. The SMILES string of the molecule is N#CNC(=O)C=Cc1cccc(Cl)c1Cl. The molecule has 0 aliphatic rings. The fourth-order valence-electron chi connectivity index (χ4n) is 0.911. The Balaban J connectivity index is 2.86. The highest BCUT2D eigenvalue weighted by atomic mass is 35.5. The number of amides is 1. The van der Waals surface area contributed by atoms with E-state index in [1.165, 1.54) is 18.3 Å². The number of hydrogen-bond donors (Lipinski definition) is 1. The van der Waals surface area contributed by atoms with Crippen LogP contribution in [-0.2, 0) is 4.79 Å². The summed E-state index contributed by atoms with van der Waals surface area (Å²) in [6.07, 6.45) is 4.22. The van der Waals surface area contributed by atoms with Gasteiger partial charge < -0.3 is 0 Å². The van der Waals surface area contributed by atoms with Crippen molar-refractivity contribution in [2.75, 3.05) is 0 Å². The number of nitrogens with one attached hydrogen (secondary N) is 1. The molecular weight excluding hydrogens is 235 g/mol. The first kappa shape index (κ1) is 11.6. The van der Waals surface area contributed by atoms with Crippen LogP contribution in [0.15, 0.2) is 24.3 Å². The molecular formula is C10H6Cl2N2O. The summed E-state index contributed by atoms with van der Waals surface area (Å²) >= 11 is 11.6. The average molecular weight is 241 g/mol. The van der Waals surface area contributed by atoms with E-state index in [1.54, 1.807) is 18.2 Å². The quantitative estimate of drug-likeness (QED) is 0.491. The maximum Gasteiger partial charge on any atom is 0.256 e. The van der Waals surface area contributed by atoms with Crippen molar-refractivity contribution in [2.24, 2.45) is 0 Å². The standard InChI is InChI=1S/C10H6Cl2N2O/c11-8-3-1-2-7(10(8)12)4-5-9(15)14-6-13/h1-5H,(H,14,15). The molecule has 15 heavy (non-hydrogen) atoms. The Bertz CT molecular complexity index is 449. The van der Waals surface area contributed by atoms with Crippen LogP contribution in [0.1, 0.15) is 5.56 Å². The third kappa shape index (κ3) is 3.28. The Labute approximate surface area is 96.9 Å². The maximum atomic E-state index is 10.9. The smallest absolute Gasteiger partial charge is 0.256 e. The largest absolute Gasteiger partial charge is 0.269 e. The van der Waals surface area contributed by atoms with E-state index in [0.29, 0.717) is 15.6 Å². The van der Waals surface area contributed by atoms with Gasteiger partial charge in [-0.15, -0.1) is 0 Å². The molecule has 1 aromatic carbocycles. The zero-order valence-corrected chi connectivity index (χ0v) is 9.01. The van der Waals surface area contributed by atoms with Crippen molar-refractivity contribution in [3.05, 3.63) is 39.9 Å². The monoisotopic (exact) mass is 240 g/mol. The van der Waals surface area contributed by atoms with Gasteiger partial charge in [-0.05, 0) is 17.7 Å². The van der Waals surface area contributed by atoms with E-state index in [1.807, 2.05) is 5.32 Å². The minimum Gasteiger partial charge on any atom is -0.269 e. The third-order valence-corrected chi connectivity index (χ3v) is 2.41. The summed E-state index contributed by atoms with van der Waals surface area (Å²) in [6.45, 7) is 0. The lowest BCUT2D eigenvalue weighted by Crippen LogP contribution is -2.13. The van der Waals surface area contributed by atoms with Gasteiger partial charge in [-0.2, -0.15) is 5.26 Å². The second kappa shape index (κ2) is 5.40. The summed E-state index contributed by atoms with van der Waals surface area (Å²) in [5.41, 5.74) is 0.622. The van der Waals surface area contributed by atoms with Crippen molar-refractivity contribution in [1.29, 1.82) is 5.26 Å². The van der Waals surface area contributed by atoms with Crippen LogP contribution in [0.3, 0.4) is 0 Å². The van der Waals surface area contributed by atoms with Crippen molar-refractivity contribution in [3.8, 4) is 6.19 Å². The summed E-state index contributed by atoms with van der Waals surface area (Å²) in [4.78, 5) is 10.9. The molecule has 0 unspecified atom stereocenters. The van der Waals surface area contributed by atoms with E-state index < -0.39 is 5.91 Å². The molecule has 0 spiro atoms. The first-order valence-corrected chi connectivity index (χ1v) is 4.72. The lowest BCUT2D eigenvalue weighted by atomic mass is 10.2. The molecule has 1 aromatic rings. The molecule has 0 atom stereocenters. The highest BCUT2D eigenvalue weighted by molar-refractivity contribution is 6.42. The molecule has 1 amide bonds. The van der Waals surface area contributed by atoms with Gasteiger partial charge in [0.25, 0.3) is 5.91 Å². The predicted molar refractivity (Wildman–Crippen MR) is 59.3 cm³/mol. The van der Waals surface area contributed by atoms with Gasteiger partial charge in [-0.3, -0.25) is 10.1 Å². The topological polar surface area (TPSA) is 52.9 Å². The van der Waals surface area contributed by atoms with E-state index >= 15 is 0 Å². The van der Waals surface area contributed by atoms with Crippen LogP contribution in [0, 0.1) is 11.5 Å². The summed E-state index contributed by atoms with van der Waals surface area (Å²) < 4.78 is 0. The van der Waals surface area contributed by atoms with Gasteiger partial charge in [0.15, 0.2) is 6.19 Å². The van der Waals surface area contributed by atoms with Gasteiger partial charge in [0.2, 0.25) is 0 Å². The molecule has 0 aliphatic carbocycles. The van der Waals surface area contributed by atoms with Crippen LogP contribution >= 0.6 is 23.2 Å². The molecule has 0 saturated carbocycles. The number of nitriles is 1. The van der Waals surface area contributed by atoms with Crippen LogP contribution in [-0.4, -0.2) is 5.91 Å². The van der Waals surface area contributed by atoms with Crippen molar-refractivity contribution < 1.29 is 4.79 Å².